The van der Waals surface area contributed by atoms with Crippen LogP contribution in [0.15, 0.2) is 101 Å². The highest BCUT2D eigenvalue weighted by atomic mass is 15.2. The Morgan fingerprint density at radius 2 is 1.24 bits per heavy atom. The first-order valence-corrected chi connectivity index (χ1v) is 9.30. The molecule has 0 saturated heterocycles. The van der Waals surface area contributed by atoms with Gasteiger partial charge in [-0.15, -0.1) is 10.2 Å². The number of pyridine rings is 2. The smallest absolute Gasteiger partial charge is 0.175 e. The summed E-state index contributed by atoms with van der Waals surface area (Å²) in [5.41, 5.74) is 10.6. The van der Waals surface area contributed by atoms with Crippen LogP contribution in [0.2, 0.25) is 0 Å². The summed E-state index contributed by atoms with van der Waals surface area (Å²) in [7, 11) is 0. The molecule has 138 valence electrons. The fraction of sp³-hybridized carbons (Fsp3) is 0. The van der Waals surface area contributed by atoms with Gasteiger partial charge in [0.25, 0.3) is 0 Å². The Labute approximate surface area is 167 Å². The van der Waals surface area contributed by atoms with Gasteiger partial charge in [0.15, 0.2) is 11.6 Å². The summed E-state index contributed by atoms with van der Waals surface area (Å²) in [6.07, 6.45) is 0. The lowest BCUT2D eigenvalue weighted by atomic mass is 10.00. The third-order valence-corrected chi connectivity index (χ3v) is 4.78. The first kappa shape index (κ1) is 17.0. The van der Waals surface area contributed by atoms with Crippen molar-refractivity contribution < 1.29 is 0 Å². The molecule has 0 bridgehead atoms. The fourth-order valence-corrected chi connectivity index (χ4v) is 3.37. The minimum Gasteiger partial charge on any atom is -0.398 e. The molecule has 29 heavy (non-hydrogen) atoms. The van der Waals surface area contributed by atoms with Gasteiger partial charge in [-0.25, -0.2) is 9.97 Å². The van der Waals surface area contributed by atoms with Crippen molar-refractivity contribution in [2.24, 2.45) is 10.2 Å². The number of hydrogen-bond donors (Lipinski definition) is 1. The van der Waals surface area contributed by atoms with E-state index in [1.54, 1.807) is 0 Å². The van der Waals surface area contributed by atoms with Crippen LogP contribution in [0, 0.1) is 0 Å². The van der Waals surface area contributed by atoms with Crippen LogP contribution in [0.5, 0.6) is 0 Å². The second-order valence-corrected chi connectivity index (χ2v) is 6.70. The van der Waals surface area contributed by atoms with Gasteiger partial charge in [0.1, 0.15) is 0 Å². The van der Waals surface area contributed by atoms with E-state index in [0.717, 1.165) is 32.9 Å². The number of nitrogens with zero attached hydrogens (tertiary/aromatic N) is 4. The molecule has 5 aromatic rings. The molecule has 5 nitrogen and oxygen atoms in total. The highest BCUT2D eigenvalue weighted by molar-refractivity contribution is 6.00. The van der Waals surface area contributed by atoms with Crippen LogP contribution < -0.4 is 5.73 Å². The van der Waals surface area contributed by atoms with E-state index in [-0.39, 0.29) is 0 Å². The SMILES string of the molecule is Nc1ccc2ccc(N=Nc3ccc4ccccc4n3)nc2c1-c1ccccc1. The molecule has 3 aromatic carbocycles. The van der Waals surface area contributed by atoms with E-state index in [1.165, 1.54) is 0 Å². The molecule has 5 rings (SSSR count). The van der Waals surface area contributed by atoms with Crippen molar-refractivity contribution in [1.29, 1.82) is 0 Å². The number of nitrogens with two attached hydrogens (primary N) is 1. The van der Waals surface area contributed by atoms with E-state index < -0.39 is 0 Å². The van der Waals surface area contributed by atoms with Crippen molar-refractivity contribution in [3.05, 3.63) is 91.0 Å². The summed E-state index contributed by atoms with van der Waals surface area (Å²) in [5.74, 6) is 1.05. The number of azo groups is 1. The minimum absolute atomic E-state index is 0.509. The summed E-state index contributed by atoms with van der Waals surface area (Å²) >= 11 is 0. The van der Waals surface area contributed by atoms with E-state index in [0.29, 0.717) is 17.3 Å². The molecule has 2 heterocycles. The Bertz CT molecular complexity index is 1360. The molecule has 0 fully saturated rings. The number of para-hydroxylation sites is 1. The number of benzene rings is 3. The summed E-state index contributed by atoms with van der Waals surface area (Å²) in [5, 5.41) is 10.7. The maximum atomic E-state index is 6.28. The maximum absolute atomic E-state index is 6.28. The van der Waals surface area contributed by atoms with Crippen molar-refractivity contribution in [3.63, 3.8) is 0 Å². The third kappa shape index (κ3) is 3.30. The first-order chi connectivity index (χ1) is 14.3. The normalized spacial score (nSPS) is 11.4. The molecule has 0 unspecified atom stereocenters. The topological polar surface area (TPSA) is 76.5 Å². The molecule has 0 atom stereocenters. The van der Waals surface area contributed by atoms with E-state index in [4.69, 9.17) is 10.7 Å². The zero-order chi connectivity index (χ0) is 19.6. The lowest BCUT2D eigenvalue weighted by Gasteiger charge is -2.10. The zero-order valence-electron chi connectivity index (χ0n) is 15.5. The quantitative estimate of drug-likeness (QED) is 0.291. The number of anilines is 1. The second-order valence-electron chi connectivity index (χ2n) is 6.70. The van der Waals surface area contributed by atoms with E-state index >= 15 is 0 Å². The number of rotatable bonds is 3. The van der Waals surface area contributed by atoms with Crippen molar-refractivity contribution >= 4 is 39.1 Å². The summed E-state index contributed by atoms with van der Waals surface area (Å²) in [4.78, 5) is 9.25. The molecule has 0 aliphatic rings. The first-order valence-electron chi connectivity index (χ1n) is 9.30. The van der Waals surface area contributed by atoms with Crippen LogP contribution in [0.1, 0.15) is 0 Å². The molecular formula is C24H17N5. The van der Waals surface area contributed by atoms with Gasteiger partial charge in [-0.1, -0.05) is 54.6 Å². The Hall–Kier alpha value is -4.12. The van der Waals surface area contributed by atoms with Crippen LogP contribution in [0.25, 0.3) is 32.9 Å². The zero-order valence-corrected chi connectivity index (χ0v) is 15.5. The fourth-order valence-electron chi connectivity index (χ4n) is 3.37. The molecule has 2 N–H and O–H groups in total. The number of fused-ring (bicyclic) bond motifs is 2. The summed E-state index contributed by atoms with van der Waals surface area (Å²) in [6.45, 7) is 0. The van der Waals surface area contributed by atoms with Crippen molar-refractivity contribution in [2.75, 3.05) is 5.73 Å². The standard InChI is InChI=1S/C24H17N5/c25-19-13-10-18-12-15-22(27-24(18)23(19)17-7-2-1-3-8-17)29-28-21-14-11-16-6-4-5-9-20(16)26-21/h1-15H,25H2. The Kier molecular flexibility index (Phi) is 4.18. The van der Waals surface area contributed by atoms with Crippen LogP contribution in [-0.2, 0) is 0 Å². The molecule has 0 radical (unpaired) electrons. The average molecular weight is 375 g/mol. The van der Waals surface area contributed by atoms with Gasteiger partial charge in [0, 0.05) is 22.0 Å². The van der Waals surface area contributed by atoms with Crippen molar-refractivity contribution in [2.45, 2.75) is 0 Å². The van der Waals surface area contributed by atoms with Crippen LogP contribution in [0.3, 0.4) is 0 Å². The van der Waals surface area contributed by atoms with Gasteiger partial charge in [-0.05, 0) is 42.0 Å². The van der Waals surface area contributed by atoms with Gasteiger partial charge in [0.2, 0.25) is 0 Å². The van der Waals surface area contributed by atoms with Crippen molar-refractivity contribution in [1.82, 2.24) is 9.97 Å². The molecular weight excluding hydrogens is 358 g/mol. The number of aromatic nitrogens is 2. The molecule has 5 heteroatoms. The van der Waals surface area contributed by atoms with Gasteiger partial charge < -0.3 is 5.73 Å². The number of nitrogen functional groups attached to an aromatic ring is 1. The van der Waals surface area contributed by atoms with Crippen LogP contribution in [0.4, 0.5) is 17.3 Å². The highest BCUT2D eigenvalue weighted by Gasteiger charge is 2.10. The van der Waals surface area contributed by atoms with Gasteiger partial charge in [0.05, 0.1) is 11.0 Å². The Morgan fingerprint density at radius 3 is 2.07 bits per heavy atom. The lowest BCUT2D eigenvalue weighted by Crippen LogP contribution is -1.93. The third-order valence-electron chi connectivity index (χ3n) is 4.78. The molecule has 2 aromatic heterocycles. The minimum atomic E-state index is 0.509. The lowest BCUT2D eigenvalue weighted by molar-refractivity contribution is 1.14. The number of hydrogen-bond acceptors (Lipinski definition) is 5. The monoisotopic (exact) mass is 375 g/mol. The predicted molar refractivity (Wildman–Crippen MR) is 118 cm³/mol. The molecule has 0 aliphatic carbocycles. The Morgan fingerprint density at radius 1 is 0.586 bits per heavy atom. The average Bonchev–Trinajstić information content (AvgIpc) is 2.78. The predicted octanol–water partition coefficient (Wildman–Crippen LogP) is 6.45. The molecule has 0 aliphatic heterocycles. The summed E-state index contributed by atoms with van der Waals surface area (Å²) in [6, 6.07) is 29.5. The van der Waals surface area contributed by atoms with E-state index in [1.807, 2.05) is 91.0 Å². The summed E-state index contributed by atoms with van der Waals surface area (Å²) < 4.78 is 0. The van der Waals surface area contributed by atoms with Crippen LogP contribution >= 0.6 is 0 Å². The van der Waals surface area contributed by atoms with Gasteiger partial charge in [-0.3, -0.25) is 0 Å². The molecule has 0 spiro atoms. The van der Waals surface area contributed by atoms with E-state index in [9.17, 15) is 0 Å². The largest absolute Gasteiger partial charge is 0.398 e. The van der Waals surface area contributed by atoms with Gasteiger partial charge in [-0.2, -0.15) is 0 Å². The van der Waals surface area contributed by atoms with E-state index in [2.05, 4.69) is 15.2 Å². The second kappa shape index (κ2) is 7.13. The van der Waals surface area contributed by atoms with Gasteiger partial charge >= 0.3 is 0 Å². The molecule has 0 amide bonds. The van der Waals surface area contributed by atoms with Crippen molar-refractivity contribution in [3.8, 4) is 11.1 Å². The highest BCUT2D eigenvalue weighted by Crippen LogP contribution is 2.34. The Balaban J connectivity index is 1.57. The molecule has 0 saturated carbocycles. The van der Waals surface area contributed by atoms with Crippen LogP contribution in [-0.4, -0.2) is 9.97 Å². The maximum Gasteiger partial charge on any atom is 0.175 e.